The number of carbonyl (C=O) groups is 2. The van der Waals surface area contributed by atoms with Gasteiger partial charge in [0, 0.05) is 40.7 Å². The van der Waals surface area contributed by atoms with Crippen LogP contribution in [0.2, 0.25) is 0 Å². The molecule has 0 saturated carbocycles. The van der Waals surface area contributed by atoms with E-state index in [4.69, 9.17) is 4.74 Å². The molecule has 10 heteroatoms. The van der Waals surface area contributed by atoms with Gasteiger partial charge in [-0.15, -0.1) is 0 Å². The molecule has 10 nitrogen and oxygen atoms in total. The number of nitro benzene ring substituents is 1. The van der Waals surface area contributed by atoms with Gasteiger partial charge in [0.25, 0.3) is 11.6 Å². The van der Waals surface area contributed by atoms with Crippen molar-refractivity contribution in [3.05, 3.63) is 75.5 Å². The molecule has 0 saturated heterocycles. The first kappa shape index (κ1) is 24.4. The van der Waals surface area contributed by atoms with Crippen LogP contribution in [-0.4, -0.2) is 40.8 Å². The Hall–Kier alpha value is -4.21. The second-order valence-corrected chi connectivity index (χ2v) is 8.29. The molecule has 1 unspecified atom stereocenters. The fourth-order valence-electron chi connectivity index (χ4n) is 3.31. The molecule has 0 aliphatic carbocycles. The van der Waals surface area contributed by atoms with Gasteiger partial charge in [-0.25, -0.2) is 10.2 Å². The second kappa shape index (κ2) is 11.1. The maximum atomic E-state index is 12.9. The number of ether oxygens (including phenoxy) is 1. The van der Waals surface area contributed by atoms with Crippen LogP contribution in [0.15, 0.2) is 53.8 Å². The maximum absolute atomic E-state index is 12.9. The third-order valence-corrected chi connectivity index (χ3v) is 5.07. The van der Waals surface area contributed by atoms with Crippen LogP contribution < -0.4 is 10.7 Å². The zero-order chi connectivity index (χ0) is 24.7. The number of nitrogens with one attached hydrogen (secondary N) is 3. The number of alkyl carbamates (subject to hydrolysis) is 1. The minimum absolute atomic E-state index is 0.0398. The number of H-pyrrole nitrogens is 1. The van der Waals surface area contributed by atoms with E-state index in [-0.39, 0.29) is 24.6 Å². The zero-order valence-corrected chi connectivity index (χ0v) is 19.2. The van der Waals surface area contributed by atoms with E-state index in [1.54, 1.807) is 25.3 Å². The summed E-state index contributed by atoms with van der Waals surface area (Å²) in [5, 5.41) is 18.6. The van der Waals surface area contributed by atoms with E-state index in [0.717, 1.165) is 16.5 Å². The summed E-state index contributed by atoms with van der Waals surface area (Å²) in [6.07, 6.45) is 2.61. The van der Waals surface area contributed by atoms with Crippen LogP contribution in [0.5, 0.6) is 0 Å². The molecular weight excluding hydrogens is 438 g/mol. The predicted molar refractivity (Wildman–Crippen MR) is 129 cm³/mol. The summed E-state index contributed by atoms with van der Waals surface area (Å²) in [5.74, 6) is -0.403. The quantitative estimate of drug-likeness (QED) is 0.250. The number of amides is 2. The molecule has 3 aromatic rings. The normalized spacial score (nSPS) is 12.1. The van der Waals surface area contributed by atoms with Crippen molar-refractivity contribution in [1.29, 1.82) is 0 Å². The molecule has 34 heavy (non-hydrogen) atoms. The average molecular weight is 466 g/mol. The summed E-state index contributed by atoms with van der Waals surface area (Å²) < 4.78 is 5.17. The Kier molecular flexibility index (Phi) is 7.96. The Morgan fingerprint density at radius 3 is 2.74 bits per heavy atom. The van der Waals surface area contributed by atoms with Gasteiger partial charge in [0.15, 0.2) is 0 Å². The molecule has 0 aliphatic rings. The number of rotatable bonds is 9. The molecule has 2 aromatic carbocycles. The summed E-state index contributed by atoms with van der Waals surface area (Å²) in [6.45, 7) is 5.68. The number of aromatic amines is 1. The van der Waals surface area contributed by atoms with Crippen LogP contribution in [0.3, 0.4) is 0 Å². The number of benzene rings is 2. The molecule has 0 spiro atoms. The highest BCUT2D eigenvalue weighted by Crippen LogP contribution is 2.20. The molecule has 0 bridgehead atoms. The number of aromatic nitrogens is 1. The number of para-hydroxylation sites is 1. The maximum Gasteiger partial charge on any atom is 0.407 e. The van der Waals surface area contributed by atoms with E-state index >= 15 is 0 Å². The largest absolute Gasteiger partial charge is 0.449 e. The van der Waals surface area contributed by atoms with E-state index in [0.29, 0.717) is 11.1 Å². The summed E-state index contributed by atoms with van der Waals surface area (Å²) in [7, 11) is 0. The van der Waals surface area contributed by atoms with E-state index in [2.05, 4.69) is 20.8 Å². The lowest BCUT2D eigenvalue weighted by molar-refractivity contribution is -0.385. The molecule has 1 atom stereocenters. The lowest BCUT2D eigenvalue weighted by atomic mass is 10.0. The number of nitro groups is 1. The van der Waals surface area contributed by atoms with Crippen LogP contribution in [0.25, 0.3) is 10.9 Å². The third kappa shape index (κ3) is 6.41. The van der Waals surface area contributed by atoms with Crippen LogP contribution >= 0.6 is 0 Å². The molecule has 178 valence electrons. The van der Waals surface area contributed by atoms with Gasteiger partial charge in [-0.2, -0.15) is 5.10 Å². The summed E-state index contributed by atoms with van der Waals surface area (Å²) in [6, 6.07) is 11.3. The lowest BCUT2D eigenvalue weighted by Crippen LogP contribution is -2.47. The van der Waals surface area contributed by atoms with Crippen LogP contribution in [0.4, 0.5) is 10.5 Å². The number of aryl methyl sites for hydroxylation is 1. The molecule has 1 heterocycles. The van der Waals surface area contributed by atoms with Crippen molar-refractivity contribution >= 4 is 34.8 Å². The van der Waals surface area contributed by atoms with Gasteiger partial charge in [-0.1, -0.05) is 44.2 Å². The molecule has 0 radical (unpaired) electrons. The first-order valence-electron chi connectivity index (χ1n) is 10.8. The van der Waals surface area contributed by atoms with Gasteiger partial charge in [-0.05, 0) is 24.5 Å². The van der Waals surface area contributed by atoms with Gasteiger partial charge in [0.05, 0.1) is 17.7 Å². The Morgan fingerprint density at radius 1 is 1.24 bits per heavy atom. The van der Waals surface area contributed by atoms with Gasteiger partial charge >= 0.3 is 6.09 Å². The van der Waals surface area contributed by atoms with Crippen molar-refractivity contribution in [3.8, 4) is 0 Å². The Morgan fingerprint density at radius 2 is 2.00 bits per heavy atom. The van der Waals surface area contributed by atoms with E-state index in [1.807, 2.05) is 38.1 Å². The second-order valence-electron chi connectivity index (χ2n) is 8.29. The predicted octanol–water partition coefficient (Wildman–Crippen LogP) is 3.83. The van der Waals surface area contributed by atoms with Gasteiger partial charge in [0.1, 0.15) is 6.04 Å². The standard InChI is InChI=1S/C24H27N5O5/c1-15(2)14-34-24(31)27-21(11-18-13-25-20-7-5-4-6-19(18)20)23(30)28-26-12-17-9-8-16(3)22(10-17)29(32)33/h4-10,12-13,15,21,25H,11,14H2,1-3H3,(H,27,31)(H,28,30). The Bertz CT molecular complexity index is 1220. The lowest BCUT2D eigenvalue weighted by Gasteiger charge is -2.17. The molecule has 1 aromatic heterocycles. The third-order valence-electron chi connectivity index (χ3n) is 5.07. The average Bonchev–Trinajstić information content (AvgIpc) is 3.21. The number of carbonyl (C=O) groups excluding carboxylic acids is 2. The van der Waals surface area contributed by atoms with Crippen molar-refractivity contribution in [2.75, 3.05) is 6.61 Å². The number of hydrazone groups is 1. The number of nitrogens with zero attached hydrogens (tertiary/aromatic N) is 2. The van der Waals surface area contributed by atoms with Crippen LogP contribution in [-0.2, 0) is 16.0 Å². The fourth-order valence-corrected chi connectivity index (χ4v) is 3.31. The highest BCUT2D eigenvalue weighted by molar-refractivity contribution is 5.89. The van der Waals surface area contributed by atoms with E-state index in [9.17, 15) is 19.7 Å². The fraction of sp³-hybridized carbons (Fsp3) is 0.292. The zero-order valence-electron chi connectivity index (χ0n) is 19.2. The number of fused-ring (bicyclic) bond motifs is 1. The number of hydrogen-bond donors (Lipinski definition) is 3. The molecule has 3 rings (SSSR count). The van der Waals surface area contributed by atoms with Crippen LogP contribution in [0, 0.1) is 23.0 Å². The first-order chi connectivity index (χ1) is 16.2. The highest BCUT2D eigenvalue weighted by Gasteiger charge is 2.23. The highest BCUT2D eigenvalue weighted by atomic mass is 16.6. The molecule has 2 amide bonds. The van der Waals surface area contributed by atoms with Crippen molar-refractivity contribution in [2.45, 2.75) is 33.2 Å². The topological polar surface area (TPSA) is 139 Å². The van der Waals surface area contributed by atoms with Crippen molar-refractivity contribution in [1.82, 2.24) is 15.7 Å². The molecule has 0 fully saturated rings. The Balaban J connectivity index is 1.74. The Labute approximate surface area is 196 Å². The van der Waals surface area contributed by atoms with Gasteiger partial charge in [-0.3, -0.25) is 14.9 Å². The van der Waals surface area contributed by atoms with E-state index in [1.165, 1.54) is 12.3 Å². The van der Waals surface area contributed by atoms with E-state index < -0.39 is 23.0 Å². The smallest absolute Gasteiger partial charge is 0.407 e. The SMILES string of the molecule is Cc1ccc(C=NNC(=O)C(Cc2c[nH]c3ccccc23)NC(=O)OCC(C)C)cc1[N+](=O)[O-]. The molecular formula is C24H27N5O5. The van der Waals surface area contributed by atoms with Gasteiger partial charge < -0.3 is 15.0 Å². The minimum Gasteiger partial charge on any atom is -0.449 e. The summed E-state index contributed by atoms with van der Waals surface area (Å²) >= 11 is 0. The monoisotopic (exact) mass is 465 g/mol. The van der Waals surface area contributed by atoms with Crippen molar-refractivity contribution < 1.29 is 19.2 Å². The minimum atomic E-state index is -0.955. The molecule has 0 aliphatic heterocycles. The first-order valence-corrected chi connectivity index (χ1v) is 10.8. The van der Waals surface area contributed by atoms with Crippen LogP contribution in [0.1, 0.15) is 30.5 Å². The number of hydrogen-bond acceptors (Lipinski definition) is 6. The summed E-state index contributed by atoms with van der Waals surface area (Å²) in [5.41, 5.74) is 5.10. The molecule has 3 N–H and O–H groups in total. The van der Waals surface area contributed by atoms with Crippen molar-refractivity contribution in [3.63, 3.8) is 0 Å². The van der Waals surface area contributed by atoms with Gasteiger partial charge in [0.2, 0.25) is 0 Å². The summed E-state index contributed by atoms with van der Waals surface area (Å²) in [4.78, 5) is 38.9. The van der Waals surface area contributed by atoms with Crippen molar-refractivity contribution in [2.24, 2.45) is 11.0 Å².